The van der Waals surface area contributed by atoms with E-state index in [4.69, 9.17) is 5.11 Å². The Balaban J connectivity index is 4.26. The van der Waals surface area contributed by atoms with E-state index in [2.05, 4.69) is 46.9 Å². The van der Waals surface area contributed by atoms with Gasteiger partial charge in [0.25, 0.3) is 0 Å². The molecule has 1 amide bonds. The van der Waals surface area contributed by atoms with E-state index in [0.29, 0.717) is 25.3 Å². The molecule has 0 aliphatic heterocycles. The minimum Gasteiger partial charge on any atom is -0.481 e. The molecule has 0 aliphatic rings. The van der Waals surface area contributed by atoms with Crippen LogP contribution >= 0.6 is 0 Å². The van der Waals surface area contributed by atoms with Gasteiger partial charge in [-0.2, -0.15) is 0 Å². The average Bonchev–Trinajstić information content (AvgIpc) is 2.20. The summed E-state index contributed by atoms with van der Waals surface area (Å²) in [4.78, 5) is 22.1. The summed E-state index contributed by atoms with van der Waals surface area (Å²) in [6.07, 6.45) is 1.79. The van der Waals surface area contributed by atoms with Crippen LogP contribution in [-0.4, -0.2) is 23.5 Å². The number of carbonyl (C=O) groups excluding carboxylic acids is 1. The van der Waals surface area contributed by atoms with E-state index < -0.39 is 5.97 Å². The maximum absolute atomic E-state index is 11.7. The van der Waals surface area contributed by atoms with Crippen molar-refractivity contribution in [3.8, 4) is 0 Å². The van der Waals surface area contributed by atoms with Crippen molar-refractivity contribution in [2.24, 2.45) is 16.7 Å². The monoisotopic (exact) mass is 285 g/mol. The number of carboxylic acids is 1. The molecule has 0 fully saturated rings. The molecule has 0 heterocycles. The fourth-order valence-electron chi connectivity index (χ4n) is 2.15. The lowest BCUT2D eigenvalue weighted by Gasteiger charge is -2.35. The number of aliphatic carboxylic acids is 1. The van der Waals surface area contributed by atoms with Gasteiger partial charge in [0.1, 0.15) is 0 Å². The molecule has 4 nitrogen and oxygen atoms in total. The van der Waals surface area contributed by atoms with Gasteiger partial charge in [-0.05, 0) is 29.6 Å². The van der Waals surface area contributed by atoms with Crippen LogP contribution in [0.15, 0.2) is 0 Å². The fourth-order valence-corrected chi connectivity index (χ4v) is 2.15. The smallest absolute Gasteiger partial charge is 0.303 e. The summed E-state index contributed by atoms with van der Waals surface area (Å²) in [7, 11) is 0. The zero-order chi connectivity index (χ0) is 16.0. The predicted octanol–water partition coefficient (Wildman–Crippen LogP) is 3.46. The Morgan fingerprint density at radius 3 is 2.00 bits per heavy atom. The molecule has 0 saturated carbocycles. The van der Waals surface area contributed by atoms with Crippen LogP contribution in [0.25, 0.3) is 0 Å². The lowest BCUT2D eigenvalue weighted by atomic mass is 9.72. The number of amides is 1. The summed E-state index contributed by atoms with van der Waals surface area (Å²) in [6, 6.07) is 0. The maximum Gasteiger partial charge on any atom is 0.303 e. The average molecular weight is 285 g/mol. The lowest BCUT2D eigenvalue weighted by molar-refractivity contribution is -0.137. The molecule has 0 rings (SSSR count). The van der Waals surface area contributed by atoms with Gasteiger partial charge in [0.15, 0.2) is 0 Å². The Hall–Kier alpha value is -1.06. The molecule has 0 aliphatic carbocycles. The van der Waals surface area contributed by atoms with Gasteiger partial charge >= 0.3 is 5.97 Å². The highest BCUT2D eigenvalue weighted by atomic mass is 16.4. The van der Waals surface area contributed by atoms with Crippen molar-refractivity contribution in [3.63, 3.8) is 0 Å². The molecule has 20 heavy (non-hydrogen) atoms. The Morgan fingerprint density at radius 1 is 1.05 bits per heavy atom. The van der Waals surface area contributed by atoms with Crippen LogP contribution in [0.5, 0.6) is 0 Å². The first kappa shape index (κ1) is 18.9. The third-order valence-electron chi connectivity index (χ3n) is 3.42. The van der Waals surface area contributed by atoms with Crippen molar-refractivity contribution in [1.29, 1.82) is 0 Å². The highest BCUT2D eigenvalue weighted by Gasteiger charge is 2.29. The van der Waals surface area contributed by atoms with Crippen LogP contribution in [0.1, 0.15) is 67.2 Å². The second kappa shape index (κ2) is 7.65. The number of carboxylic acid groups (broad SMARTS) is 1. The molecule has 0 bridgehead atoms. The van der Waals surface area contributed by atoms with Crippen LogP contribution < -0.4 is 5.32 Å². The van der Waals surface area contributed by atoms with Gasteiger partial charge in [0.05, 0.1) is 0 Å². The standard InChI is InChI=1S/C16H31NO3/c1-15(2,3)10-12(16(4,5)6)11-17-13(18)8-7-9-14(19)20/h12H,7-11H2,1-6H3,(H,17,18)(H,19,20). The van der Waals surface area contributed by atoms with Crippen molar-refractivity contribution in [2.75, 3.05) is 6.54 Å². The van der Waals surface area contributed by atoms with Crippen molar-refractivity contribution >= 4 is 11.9 Å². The van der Waals surface area contributed by atoms with E-state index in [1.165, 1.54) is 0 Å². The maximum atomic E-state index is 11.7. The van der Waals surface area contributed by atoms with E-state index >= 15 is 0 Å². The molecular weight excluding hydrogens is 254 g/mol. The van der Waals surface area contributed by atoms with Gasteiger partial charge in [-0.1, -0.05) is 41.5 Å². The second-order valence-corrected chi connectivity index (χ2v) is 7.88. The minimum atomic E-state index is -0.849. The summed E-state index contributed by atoms with van der Waals surface area (Å²) < 4.78 is 0. The first-order valence-corrected chi connectivity index (χ1v) is 7.40. The quantitative estimate of drug-likeness (QED) is 0.753. The van der Waals surface area contributed by atoms with Gasteiger partial charge in [-0.15, -0.1) is 0 Å². The Kier molecular flexibility index (Phi) is 7.25. The lowest BCUT2D eigenvalue weighted by Crippen LogP contribution is -2.37. The molecular formula is C16H31NO3. The van der Waals surface area contributed by atoms with Gasteiger partial charge in [0, 0.05) is 19.4 Å². The van der Waals surface area contributed by atoms with Gasteiger partial charge in [-0.25, -0.2) is 0 Å². The third-order valence-corrected chi connectivity index (χ3v) is 3.42. The minimum absolute atomic E-state index is 0.0468. The first-order chi connectivity index (χ1) is 8.92. The summed E-state index contributed by atoms with van der Waals surface area (Å²) in [5, 5.41) is 11.5. The van der Waals surface area contributed by atoms with Crippen LogP contribution in [0.2, 0.25) is 0 Å². The van der Waals surface area contributed by atoms with E-state index in [1.807, 2.05) is 0 Å². The Bertz CT molecular complexity index is 324. The summed E-state index contributed by atoms with van der Waals surface area (Å²) in [6.45, 7) is 13.9. The van der Waals surface area contributed by atoms with Crippen LogP contribution in [0.3, 0.4) is 0 Å². The molecule has 0 spiro atoms. The topological polar surface area (TPSA) is 66.4 Å². The summed E-state index contributed by atoms with van der Waals surface area (Å²) >= 11 is 0. The number of nitrogens with one attached hydrogen (secondary N) is 1. The van der Waals surface area contributed by atoms with Crippen LogP contribution in [-0.2, 0) is 9.59 Å². The molecule has 2 N–H and O–H groups in total. The SMILES string of the molecule is CC(C)(C)CC(CNC(=O)CCCC(=O)O)C(C)(C)C. The molecule has 0 aromatic carbocycles. The van der Waals surface area contributed by atoms with E-state index in [1.54, 1.807) is 0 Å². The number of carbonyl (C=O) groups is 2. The molecule has 1 atom stereocenters. The largest absolute Gasteiger partial charge is 0.481 e. The van der Waals surface area contributed by atoms with Crippen LogP contribution in [0.4, 0.5) is 0 Å². The number of hydrogen-bond donors (Lipinski definition) is 2. The van der Waals surface area contributed by atoms with Crippen molar-refractivity contribution in [1.82, 2.24) is 5.32 Å². The Labute approximate surface area is 123 Å². The van der Waals surface area contributed by atoms with Crippen LogP contribution in [0, 0.1) is 16.7 Å². The zero-order valence-electron chi connectivity index (χ0n) is 13.9. The summed E-state index contributed by atoms with van der Waals surface area (Å²) in [5.41, 5.74) is 0.369. The van der Waals surface area contributed by atoms with E-state index in [-0.39, 0.29) is 23.2 Å². The third kappa shape index (κ3) is 9.82. The molecule has 118 valence electrons. The van der Waals surface area contributed by atoms with E-state index in [0.717, 1.165) is 6.42 Å². The molecule has 0 saturated heterocycles. The van der Waals surface area contributed by atoms with Crippen molar-refractivity contribution in [2.45, 2.75) is 67.2 Å². The van der Waals surface area contributed by atoms with Gasteiger partial charge in [-0.3, -0.25) is 9.59 Å². The molecule has 4 heteroatoms. The van der Waals surface area contributed by atoms with E-state index in [9.17, 15) is 9.59 Å². The van der Waals surface area contributed by atoms with Gasteiger partial charge in [0.2, 0.25) is 5.91 Å². The number of hydrogen-bond acceptors (Lipinski definition) is 2. The normalized spacial score (nSPS) is 13.9. The zero-order valence-corrected chi connectivity index (χ0v) is 13.9. The second-order valence-electron chi connectivity index (χ2n) is 7.88. The highest BCUT2D eigenvalue weighted by molar-refractivity contribution is 5.76. The number of rotatable bonds is 7. The Morgan fingerprint density at radius 2 is 1.60 bits per heavy atom. The molecule has 0 aromatic rings. The van der Waals surface area contributed by atoms with Crippen molar-refractivity contribution < 1.29 is 14.7 Å². The fraction of sp³-hybridized carbons (Fsp3) is 0.875. The summed E-state index contributed by atoms with van der Waals surface area (Å²) in [5.74, 6) is -0.488. The van der Waals surface area contributed by atoms with Gasteiger partial charge < -0.3 is 10.4 Å². The van der Waals surface area contributed by atoms with Crippen molar-refractivity contribution in [3.05, 3.63) is 0 Å². The molecule has 0 aromatic heterocycles. The highest BCUT2D eigenvalue weighted by Crippen LogP contribution is 2.35. The first-order valence-electron chi connectivity index (χ1n) is 7.40. The predicted molar refractivity (Wildman–Crippen MR) is 81.5 cm³/mol. The molecule has 1 unspecified atom stereocenters. The molecule has 0 radical (unpaired) electrons.